The predicted octanol–water partition coefficient (Wildman–Crippen LogP) is 9.13. The van der Waals surface area contributed by atoms with Crippen LogP contribution in [0.4, 0.5) is 0 Å². The fraction of sp³-hybridized carbons (Fsp3) is 0. The van der Waals surface area contributed by atoms with E-state index in [0.29, 0.717) is 5.56 Å². The minimum absolute atomic E-state index is 0.411. The van der Waals surface area contributed by atoms with Crippen LogP contribution in [0.15, 0.2) is 0 Å². The third kappa shape index (κ3) is 4.01. The number of hydrogen-bond donors (Lipinski definition) is 1. The highest BCUT2D eigenvalue weighted by Gasteiger charge is 2.28. The molecule has 0 amide bonds. The summed E-state index contributed by atoms with van der Waals surface area (Å²) < 4.78 is 9.98. The highest BCUT2D eigenvalue weighted by atomic mass is 127. The normalized spacial score (nSPS) is 11.6. The molecule has 0 fully saturated rings. The molecule has 3 rings (SSSR count). The van der Waals surface area contributed by atoms with Gasteiger partial charge < -0.3 is 5.11 Å². The zero-order valence-corrected chi connectivity index (χ0v) is 31.2. The number of hydrogen-bond acceptors (Lipinski definition) is 1. The highest BCUT2D eigenvalue weighted by Crippen LogP contribution is 2.46. The van der Waals surface area contributed by atoms with E-state index in [-0.39, 0.29) is 0 Å². The Morgan fingerprint density at radius 3 is 1.15 bits per heavy atom. The standard InChI is InChI=1S/C15HI9O2/c16-6-1-2(8(18)12(22)11(21)5(1)15(25)26)7(17)4-3(6)9(19)13(23)14(24)10(4)20/h(H,25,26). The lowest BCUT2D eigenvalue weighted by atomic mass is 9.99. The molecule has 3 aromatic carbocycles. The molecule has 0 bridgehead atoms. The van der Waals surface area contributed by atoms with Crippen molar-refractivity contribution in [2.45, 2.75) is 0 Å². The molecular weight excluding hydrogens is 1350 g/mol. The Kier molecular flexibility index (Phi) is 9.18. The summed E-state index contributed by atoms with van der Waals surface area (Å²) in [7, 11) is 0. The number of benzene rings is 3. The van der Waals surface area contributed by atoms with Gasteiger partial charge in [-0.15, -0.1) is 0 Å². The van der Waals surface area contributed by atoms with Gasteiger partial charge in [0.15, 0.2) is 0 Å². The summed E-state index contributed by atoms with van der Waals surface area (Å²) in [6.07, 6.45) is 0. The summed E-state index contributed by atoms with van der Waals surface area (Å²) in [6, 6.07) is 0. The molecule has 26 heavy (non-hydrogen) atoms. The van der Waals surface area contributed by atoms with E-state index in [2.05, 4.69) is 203 Å². The Bertz CT molecular complexity index is 1150. The first-order chi connectivity index (χ1) is 12.0. The van der Waals surface area contributed by atoms with Crippen LogP contribution in [0, 0.1) is 32.1 Å². The number of carboxylic acids is 1. The number of carbonyl (C=O) groups is 1. The average Bonchev–Trinajstić information content (AvgIpc) is 2.58. The SMILES string of the molecule is O=C(O)c1c(I)c(I)c(I)c2c(I)c3c(I)c(I)c(I)c(I)c3c(I)c12. The van der Waals surface area contributed by atoms with E-state index in [1.165, 1.54) is 19.7 Å². The van der Waals surface area contributed by atoms with Gasteiger partial charge in [0, 0.05) is 53.7 Å². The van der Waals surface area contributed by atoms with Crippen LogP contribution in [0.2, 0.25) is 0 Å². The zero-order chi connectivity index (χ0) is 19.7. The maximum atomic E-state index is 12.1. The minimum Gasteiger partial charge on any atom is -0.478 e. The number of halogens is 9. The molecule has 0 saturated carbocycles. The van der Waals surface area contributed by atoms with Crippen LogP contribution in [0.1, 0.15) is 10.4 Å². The molecule has 0 saturated heterocycles. The summed E-state index contributed by atoms with van der Waals surface area (Å²) in [6.45, 7) is 0. The summed E-state index contributed by atoms with van der Waals surface area (Å²) in [4.78, 5) is 12.1. The monoisotopic (exact) mass is 1360 g/mol. The first kappa shape index (κ1) is 24.9. The van der Waals surface area contributed by atoms with Gasteiger partial charge in [-0.3, -0.25) is 0 Å². The van der Waals surface area contributed by atoms with E-state index in [4.69, 9.17) is 0 Å². The highest BCUT2D eigenvalue weighted by molar-refractivity contribution is 14.1. The van der Waals surface area contributed by atoms with E-state index in [0.717, 1.165) is 34.0 Å². The second kappa shape index (κ2) is 9.61. The Hall–Kier alpha value is 4.22. The van der Waals surface area contributed by atoms with Gasteiger partial charge in [0.25, 0.3) is 0 Å². The van der Waals surface area contributed by atoms with Gasteiger partial charge >= 0.3 is 5.97 Å². The smallest absolute Gasteiger partial charge is 0.337 e. The van der Waals surface area contributed by atoms with Gasteiger partial charge in [0.2, 0.25) is 0 Å². The van der Waals surface area contributed by atoms with Crippen LogP contribution in [0.5, 0.6) is 0 Å². The van der Waals surface area contributed by atoms with Crippen LogP contribution in [0.3, 0.4) is 0 Å². The molecule has 0 unspecified atom stereocenters. The molecule has 11 heteroatoms. The molecule has 0 radical (unpaired) electrons. The van der Waals surface area contributed by atoms with Gasteiger partial charge in [-0.25, -0.2) is 4.79 Å². The molecule has 0 atom stereocenters. The summed E-state index contributed by atoms with van der Waals surface area (Å²) in [5.74, 6) is -0.869. The molecule has 0 aliphatic carbocycles. The maximum absolute atomic E-state index is 12.1. The second-order valence-electron chi connectivity index (χ2n) is 5.01. The third-order valence-electron chi connectivity index (χ3n) is 3.68. The van der Waals surface area contributed by atoms with Gasteiger partial charge in [-0.1, -0.05) is 0 Å². The van der Waals surface area contributed by atoms with E-state index in [9.17, 15) is 9.90 Å². The van der Waals surface area contributed by atoms with Crippen LogP contribution < -0.4 is 0 Å². The maximum Gasteiger partial charge on any atom is 0.337 e. The fourth-order valence-electron chi connectivity index (χ4n) is 2.58. The first-order valence-corrected chi connectivity index (χ1v) is 16.1. The van der Waals surface area contributed by atoms with Gasteiger partial charge in [0.1, 0.15) is 0 Å². The van der Waals surface area contributed by atoms with E-state index >= 15 is 0 Å². The van der Waals surface area contributed by atoms with Crippen molar-refractivity contribution < 1.29 is 9.90 Å². The summed E-state index contributed by atoms with van der Waals surface area (Å²) in [5.41, 5.74) is 0.411. The number of rotatable bonds is 1. The van der Waals surface area contributed by atoms with Crippen molar-refractivity contribution >= 4 is 231 Å². The second-order valence-corrected chi connectivity index (χ2v) is 14.7. The number of carboxylic acid groups (broad SMARTS) is 1. The van der Waals surface area contributed by atoms with Crippen LogP contribution in [-0.2, 0) is 0 Å². The summed E-state index contributed by atoms with van der Waals surface area (Å²) in [5, 5.41) is 14.3. The largest absolute Gasteiger partial charge is 0.478 e. The van der Waals surface area contributed by atoms with Crippen molar-refractivity contribution in [3.05, 3.63) is 37.7 Å². The van der Waals surface area contributed by atoms with E-state index in [1.54, 1.807) is 0 Å². The lowest BCUT2D eigenvalue weighted by molar-refractivity contribution is 0.0698. The van der Waals surface area contributed by atoms with Crippen LogP contribution in [-0.4, -0.2) is 11.1 Å². The Morgan fingerprint density at radius 2 is 0.769 bits per heavy atom. The molecule has 0 aliphatic rings. The van der Waals surface area contributed by atoms with Crippen molar-refractivity contribution in [2.75, 3.05) is 0 Å². The van der Waals surface area contributed by atoms with Crippen molar-refractivity contribution in [1.82, 2.24) is 0 Å². The van der Waals surface area contributed by atoms with E-state index in [1.807, 2.05) is 0 Å². The third-order valence-corrected chi connectivity index (χ3v) is 18.6. The average molecular weight is 1360 g/mol. The van der Waals surface area contributed by atoms with Crippen molar-refractivity contribution in [3.63, 3.8) is 0 Å². The van der Waals surface area contributed by atoms with Gasteiger partial charge in [-0.05, 0) is 203 Å². The molecular formula is C15HI9O2. The van der Waals surface area contributed by atoms with Crippen molar-refractivity contribution in [1.29, 1.82) is 0 Å². The van der Waals surface area contributed by atoms with Gasteiger partial charge in [-0.2, -0.15) is 0 Å². The van der Waals surface area contributed by atoms with Crippen molar-refractivity contribution in [2.24, 2.45) is 0 Å². The molecule has 0 aliphatic heterocycles. The van der Waals surface area contributed by atoms with Crippen LogP contribution >= 0.6 is 203 Å². The molecule has 0 aromatic heterocycles. The molecule has 0 heterocycles. The molecule has 136 valence electrons. The molecule has 3 aromatic rings. The quantitative estimate of drug-likeness (QED) is 0.114. The Labute approximate surface area is 271 Å². The number of aromatic carboxylic acids is 1. The van der Waals surface area contributed by atoms with Crippen LogP contribution in [0.25, 0.3) is 21.5 Å². The lowest BCUT2D eigenvalue weighted by Gasteiger charge is -2.19. The topological polar surface area (TPSA) is 37.3 Å². The Balaban J connectivity index is 2.85. The first-order valence-electron chi connectivity index (χ1n) is 6.38. The molecule has 0 spiro atoms. The Morgan fingerprint density at radius 1 is 0.462 bits per heavy atom. The molecule has 1 N–H and O–H groups in total. The van der Waals surface area contributed by atoms with Crippen molar-refractivity contribution in [3.8, 4) is 0 Å². The fourth-order valence-corrected chi connectivity index (χ4v) is 12.6. The summed E-state index contributed by atoms with van der Waals surface area (Å²) >= 11 is 21.1. The van der Waals surface area contributed by atoms with Gasteiger partial charge in [0.05, 0.1) is 5.56 Å². The zero-order valence-electron chi connectivity index (χ0n) is 11.8. The number of fused-ring (bicyclic) bond motifs is 2. The minimum atomic E-state index is -0.869. The predicted molar refractivity (Wildman–Crippen MR) is 183 cm³/mol. The molecule has 2 nitrogen and oxygen atoms in total. The lowest BCUT2D eigenvalue weighted by Crippen LogP contribution is -2.09. The van der Waals surface area contributed by atoms with E-state index < -0.39 is 5.97 Å².